The Bertz CT molecular complexity index is 1380. The molecule has 0 saturated carbocycles. The quantitative estimate of drug-likeness (QED) is 0.326. The van der Waals surface area contributed by atoms with E-state index in [0.717, 1.165) is 58.1 Å². The maximum Gasteiger partial charge on any atom is 0.150 e. The van der Waals surface area contributed by atoms with Gasteiger partial charge in [-0.15, -0.1) is 0 Å². The summed E-state index contributed by atoms with van der Waals surface area (Å²) < 4.78 is 12.7. The smallest absolute Gasteiger partial charge is 0.150 e. The Morgan fingerprint density at radius 1 is 0.794 bits per heavy atom. The molecule has 1 N–H and O–H groups in total. The lowest BCUT2D eigenvalue weighted by molar-refractivity contribution is 0.414. The summed E-state index contributed by atoms with van der Waals surface area (Å²) >= 11 is 0. The number of benzene rings is 3. The van der Waals surface area contributed by atoms with Crippen LogP contribution in [0.1, 0.15) is 5.56 Å². The maximum absolute atomic E-state index is 5.33. The minimum Gasteiger partial charge on any atom is -0.497 e. The topological polar surface area (TPSA) is 61.2 Å². The molecule has 0 aliphatic heterocycles. The first-order valence-electron chi connectivity index (χ1n) is 11.2. The van der Waals surface area contributed by atoms with Crippen molar-refractivity contribution in [1.29, 1.82) is 0 Å². The van der Waals surface area contributed by atoms with Gasteiger partial charge in [0.15, 0.2) is 5.65 Å². The van der Waals surface area contributed by atoms with Crippen LogP contribution in [0.2, 0.25) is 0 Å². The van der Waals surface area contributed by atoms with Gasteiger partial charge in [0, 0.05) is 24.0 Å². The summed E-state index contributed by atoms with van der Waals surface area (Å²) in [5, 5.41) is 4.54. The van der Waals surface area contributed by atoms with Crippen LogP contribution in [0.5, 0.6) is 11.5 Å². The molecule has 0 atom stereocenters. The van der Waals surface area contributed by atoms with E-state index in [1.165, 1.54) is 5.56 Å². The van der Waals surface area contributed by atoms with E-state index in [1.54, 1.807) is 20.5 Å². The molecule has 2 aromatic heterocycles. The SMILES string of the molecule is COc1ccc(CCNc2ncnc3c2c(-c2ccccc2)cn3-c2ccc(OC)cc2)cc1. The normalized spacial score (nSPS) is 10.9. The van der Waals surface area contributed by atoms with Gasteiger partial charge in [0.2, 0.25) is 0 Å². The summed E-state index contributed by atoms with van der Waals surface area (Å²) in [6.07, 6.45) is 4.62. The largest absolute Gasteiger partial charge is 0.497 e. The Hall–Kier alpha value is -4.32. The molecule has 0 spiro atoms. The van der Waals surface area contributed by atoms with E-state index >= 15 is 0 Å². The van der Waals surface area contributed by atoms with E-state index in [0.29, 0.717) is 0 Å². The van der Waals surface area contributed by atoms with Crippen molar-refractivity contribution in [2.24, 2.45) is 0 Å². The van der Waals surface area contributed by atoms with Crippen molar-refractivity contribution in [2.75, 3.05) is 26.1 Å². The molecule has 3 aromatic carbocycles. The molecule has 0 unspecified atom stereocenters. The minimum absolute atomic E-state index is 0.750. The Balaban J connectivity index is 1.52. The van der Waals surface area contributed by atoms with E-state index in [2.05, 4.69) is 50.3 Å². The molecule has 0 bridgehead atoms. The molecule has 0 saturated heterocycles. The van der Waals surface area contributed by atoms with Gasteiger partial charge in [0.25, 0.3) is 0 Å². The standard InChI is InChI=1S/C28H26N4O2/c1-33-23-12-8-20(9-13-23)16-17-29-27-26-25(21-6-4-3-5-7-21)18-32(28(26)31-19-30-27)22-10-14-24(34-2)15-11-22/h3-15,18-19H,16-17H2,1-2H3,(H,29,30,31). The molecule has 0 fully saturated rings. The number of hydrogen-bond acceptors (Lipinski definition) is 5. The van der Waals surface area contributed by atoms with Gasteiger partial charge >= 0.3 is 0 Å². The second-order valence-electron chi connectivity index (χ2n) is 7.92. The number of nitrogens with one attached hydrogen (secondary N) is 1. The first-order chi connectivity index (χ1) is 16.8. The van der Waals surface area contributed by atoms with Gasteiger partial charge < -0.3 is 19.4 Å². The van der Waals surface area contributed by atoms with Gasteiger partial charge in [0.05, 0.1) is 19.6 Å². The van der Waals surface area contributed by atoms with Crippen LogP contribution in [0.15, 0.2) is 91.4 Å². The van der Waals surface area contributed by atoms with Crippen LogP contribution in [0.3, 0.4) is 0 Å². The van der Waals surface area contributed by atoms with Crippen molar-refractivity contribution < 1.29 is 9.47 Å². The summed E-state index contributed by atoms with van der Waals surface area (Å²) in [4.78, 5) is 9.27. The maximum atomic E-state index is 5.33. The third kappa shape index (κ3) is 4.30. The van der Waals surface area contributed by atoms with Crippen LogP contribution in [0.4, 0.5) is 5.82 Å². The zero-order valence-electron chi connectivity index (χ0n) is 19.2. The third-order valence-electron chi connectivity index (χ3n) is 5.88. The Kier molecular flexibility index (Phi) is 6.12. The van der Waals surface area contributed by atoms with Gasteiger partial charge in [-0.3, -0.25) is 0 Å². The van der Waals surface area contributed by atoms with Crippen molar-refractivity contribution in [3.8, 4) is 28.3 Å². The lowest BCUT2D eigenvalue weighted by Crippen LogP contribution is -2.07. The Labute approximate surface area is 198 Å². The number of ether oxygens (including phenoxy) is 2. The van der Waals surface area contributed by atoms with E-state index in [9.17, 15) is 0 Å². The molecule has 5 aromatic rings. The Morgan fingerprint density at radius 3 is 2.15 bits per heavy atom. The van der Waals surface area contributed by atoms with Crippen LogP contribution in [0, 0.1) is 0 Å². The van der Waals surface area contributed by atoms with Gasteiger partial charge in [-0.1, -0.05) is 42.5 Å². The zero-order valence-corrected chi connectivity index (χ0v) is 19.2. The summed E-state index contributed by atoms with van der Waals surface area (Å²) in [6.45, 7) is 0.750. The number of fused-ring (bicyclic) bond motifs is 1. The minimum atomic E-state index is 0.750. The third-order valence-corrected chi connectivity index (χ3v) is 5.88. The average molecular weight is 451 g/mol. The molecular formula is C28H26N4O2. The lowest BCUT2D eigenvalue weighted by atomic mass is 10.1. The van der Waals surface area contributed by atoms with Crippen molar-refractivity contribution in [2.45, 2.75) is 6.42 Å². The number of nitrogens with zero attached hydrogens (tertiary/aromatic N) is 3. The second-order valence-corrected chi connectivity index (χ2v) is 7.92. The molecule has 6 heteroatoms. The van der Waals surface area contributed by atoms with Crippen molar-refractivity contribution >= 4 is 16.9 Å². The van der Waals surface area contributed by atoms with E-state index in [1.807, 2.05) is 54.6 Å². The average Bonchev–Trinajstić information content (AvgIpc) is 3.30. The predicted octanol–water partition coefficient (Wildman–Crippen LogP) is 5.76. The molecule has 0 aliphatic rings. The number of anilines is 1. The van der Waals surface area contributed by atoms with Crippen LogP contribution >= 0.6 is 0 Å². The molecule has 6 nitrogen and oxygen atoms in total. The highest BCUT2D eigenvalue weighted by molar-refractivity contribution is 6.02. The highest BCUT2D eigenvalue weighted by atomic mass is 16.5. The highest BCUT2D eigenvalue weighted by Gasteiger charge is 2.17. The molecule has 0 aliphatic carbocycles. The molecule has 5 rings (SSSR count). The van der Waals surface area contributed by atoms with Crippen LogP contribution in [-0.4, -0.2) is 35.3 Å². The summed E-state index contributed by atoms with van der Waals surface area (Å²) in [6, 6.07) is 26.5. The molecule has 0 amide bonds. The summed E-state index contributed by atoms with van der Waals surface area (Å²) in [7, 11) is 3.35. The first kappa shape index (κ1) is 21.5. The summed E-state index contributed by atoms with van der Waals surface area (Å²) in [5.74, 6) is 2.50. The van der Waals surface area contributed by atoms with E-state index in [4.69, 9.17) is 9.47 Å². The van der Waals surface area contributed by atoms with Gasteiger partial charge in [-0.25, -0.2) is 9.97 Å². The Morgan fingerprint density at radius 2 is 1.47 bits per heavy atom. The molecule has 34 heavy (non-hydrogen) atoms. The van der Waals surface area contributed by atoms with Crippen molar-refractivity contribution in [3.63, 3.8) is 0 Å². The van der Waals surface area contributed by atoms with Crippen LogP contribution in [0.25, 0.3) is 27.8 Å². The van der Waals surface area contributed by atoms with Gasteiger partial charge in [-0.2, -0.15) is 0 Å². The molecule has 2 heterocycles. The van der Waals surface area contributed by atoms with Gasteiger partial charge in [0.1, 0.15) is 23.6 Å². The molecular weight excluding hydrogens is 424 g/mol. The number of rotatable bonds is 8. The number of hydrogen-bond donors (Lipinski definition) is 1. The van der Waals surface area contributed by atoms with Crippen LogP contribution < -0.4 is 14.8 Å². The predicted molar refractivity (Wildman–Crippen MR) is 136 cm³/mol. The fourth-order valence-electron chi connectivity index (χ4n) is 4.09. The monoisotopic (exact) mass is 450 g/mol. The van der Waals surface area contributed by atoms with E-state index in [-0.39, 0.29) is 0 Å². The van der Waals surface area contributed by atoms with Crippen LogP contribution in [-0.2, 0) is 6.42 Å². The molecule has 170 valence electrons. The van der Waals surface area contributed by atoms with E-state index < -0.39 is 0 Å². The highest BCUT2D eigenvalue weighted by Crippen LogP contribution is 2.35. The van der Waals surface area contributed by atoms with Crippen molar-refractivity contribution in [3.05, 3.63) is 97.0 Å². The number of methoxy groups -OCH3 is 2. The second kappa shape index (κ2) is 9.67. The number of aromatic nitrogens is 3. The lowest BCUT2D eigenvalue weighted by Gasteiger charge is -2.09. The fourth-order valence-corrected chi connectivity index (χ4v) is 4.09. The molecule has 0 radical (unpaired) electrons. The fraction of sp³-hybridized carbons (Fsp3) is 0.143. The first-order valence-corrected chi connectivity index (χ1v) is 11.2. The van der Waals surface area contributed by atoms with Gasteiger partial charge in [-0.05, 0) is 53.9 Å². The summed E-state index contributed by atoms with van der Waals surface area (Å²) in [5.41, 5.74) is 5.30. The zero-order chi connectivity index (χ0) is 23.3. The van der Waals surface area contributed by atoms with Crippen molar-refractivity contribution in [1.82, 2.24) is 14.5 Å².